The maximum atomic E-state index is 12.3. The summed E-state index contributed by atoms with van der Waals surface area (Å²) in [6.07, 6.45) is 0. The highest BCUT2D eigenvalue weighted by Crippen LogP contribution is 2.23. The lowest BCUT2D eigenvalue weighted by atomic mass is 10.1. The number of carbonyl (C=O) groups excluding carboxylic acids is 1. The van der Waals surface area contributed by atoms with E-state index in [0.717, 1.165) is 16.9 Å². The van der Waals surface area contributed by atoms with Crippen LogP contribution in [0.2, 0.25) is 0 Å². The Bertz CT molecular complexity index is 1130. The largest absolute Gasteiger partial charge is 0.457 e. The Kier molecular flexibility index (Phi) is 6.10. The maximum Gasteiger partial charge on any atom is 0.234 e. The molecule has 0 bridgehead atoms. The molecule has 4 aromatic rings. The minimum Gasteiger partial charge on any atom is -0.457 e. The van der Waals surface area contributed by atoms with E-state index in [2.05, 4.69) is 20.5 Å². The van der Waals surface area contributed by atoms with Crippen LogP contribution in [0, 0.1) is 6.92 Å². The third-order valence-electron chi connectivity index (χ3n) is 4.21. The fourth-order valence-electron chi connectivity index (χ4n) is 2.79. The van der Waals surface area contributed by atoms with Crippen LogP contribution in [-0.2, 0) is 4.79 Å². The summed E-state index contributed by atoms with van der Waals surface area (Å²) in [4.78, 5) is 16.7. The van der Waals surface area contributed by atoms with Crippen molar-refractivity contribution in [2.75, 3.05) is 11.1 Å². The van der Waals surface area contributed by atoms with E-state index >= 15 is 0 Å². The van der Waals surface area contributed by atoms with Crippen molar-refractivity contribution >= 4 is 23.4 Å². The maximum absolute atomic E-state index is 12.3. The van der Waals surface area contributed by atoms with Gasteiger partial charge in [-0.15, -0.1) is 5.10 Å². The zero-order chi connectivity index (χ0) is 20.8. The first kappa shape index (κ1) is 19.7. The lowest BCUT2D eigenvalue weighted by molar-refractivity contribution is -0.113. The summed E-state index contributed by atoms with van der Waals surface area (Å²) in [6, 6.07) is 24.8. The third kappa shape index (κ3) is 5.27. The van der Waals surface area contributed by atoms with Gasteiger partial charge in [0.15, 0.2) is 5.82 Å². The molecule has 30 heavy (non-hydrogen) atoms. The minimum absolute atomic E-state index is 0.126. The van der Waals surface area contributed by atoms with Crippen molar-refractivity contribution in [3.63, 3.8) is 0 Å². The molecule has 3 aromatic carbocycles. The van der Waals surface area contributed by atoms with E-state index in [9.17, 15) is 4.79 Å². The number of carbonyl (C=O) groups is 1. The second-order valence-corrected chi connectivity index (χ2v) is 7.55. The van der Waals surface area contributed by atoms with E-state index in [0.29, 0.717) is 22.4 Å². The van der Waals surface area contributed by atoms with Gasteiger partial charge < -0.3 is 10.1 Å². The Morgan fingerprint density at radius 1 is 1.00 bits per heavy atom. The number of H-pyrrole nitrogens is 1. The van der Waals surface area contributed by atoms with Crippen molar-refractivity contribution < 1.29 is 9.53 Å². The summed E-state index contributed by atoms with van der Waals surface area (Å²) in [5.41, 5.74) is 2.82. The highest BCUT2D eigenvalue weighted by molar-refractivity contribution is 7.99. The fraction of sp³-hybridized carbons (Fsp3) is 0.0870. The highest BCUT2D eigenvalue weighted by atomic mass is 32.2. The molecule has 0 saturated carbocycles. The van der Waals surface area contributed by atoms with E-state index < -0.39 is 0 Å². The summed E-state index contributed by atoms with van der Waals surface area (Å²) in [7, 11) is 0. The molecule has 6 nitrogen and oxygen atoms in total. The van der Waals surface area contributed by atoms with Crippen molar-refractivity contribution in [2.45, 2.75) is 12.1 Å². The predicted molar refractivity (Wildman–Crippen MR) is 119 cm³/mol. The first-order valence-electron chi connectivity index (χ1n) is 9.41. The highest BCUT2D eigenvalue weighted by Gasteiger charge is 2.10. The molecule has 0 aliphatic carbocycles. The van der Waals surface area contributed by atoms with E-state index in [1.54, 1.807) is 0 Å². The monoisotopic (exact) mass is 416 g/mol. The van der Waals surface area contributed by atoms with Crippen molar-refractivity contribution in [3.05, 3.63) is 84.4 Å². The first-order chi connectivity index (χ1) is 14.7. The molecule has 1 amide bonds. The summed E-state index contributed by atoms with van der Waals surface area (Å²) in [5, 5.41) is 10.5. The lowest BCUT2D eigenvalue weighted by Gasteiger charge is -2.07. The standard InChI is InChI=1S/C23H20N4O2S/c1-16-6-5-7-17(14-16)22-25-23(27-26-22)30-15-21(28)24-18-10-12-20(13-11-18)29-19-8-3-2-4-9-19/h2-14H,15H2,1H3,(H,24,28)(H,25,26,27). The average Bonchev–Trinajstić information content (AvgIpc) is 3.24. The van der Waals surface area contributed by atoms with Crippen LogP contribution < -0.4 is 10.1 Å². The van der Waals surface area contributed by atoms with Gasteiger partial charge in [-0.1, -0.05) is 53.7 Å². The number of anilines is 1. The number of nitrogens with zero attached hydrogens (tertiary/aromatic N) is 2. The molecule has 0 unspecified atom stereocenters. The van der Waals surface area contributed by atoms with Gasteiger partial charge in [0, 0.05) is 11.3 Å². The molecule has 4 rings (SSSR count). The number of aromatic amines is 1. The van der Waals surface area contributed by atoms with Crippen LogP contribution in [-0.4, -0.2) is 26.8 Å². The molecule has 0 radical (unpaired) electrons. The van der Waals surface area contributed by atoms with Gasteiger partial charge in [-0.2, -0.15) is 0 Å². The molecule has 0 atom stereocenters. The zero-order valence-corrected chi connectivity index (χ0v) is 17.1. The summed E-state index contributed by atoms with van der Waals surface area (Å²) in [6.45, 7) is 2.03. The van der Waals surface area contributed by atoms with Gasteiger partial charge in [-0.3, -0.25) is 9.89 Å². The molecule has 1 heterocycles. The predicted octanol–water partition coefficient (Wildman–Crippen LogP) is 5.30. The van der Waals surface area contributed by atoms with E-state index in [-0.39, 0.29) is 11.7 Å². The van der Waals surface area contributed by atoms with Crippen molar-refractivity contribution in [1.29, 1.82) is 0 Å². The Morgan fingerprint density at radius 2 is 1.77 bits per heavy atom. The van der Waals surface area contributed by atoms with Gasteiger partial charge in [-0.05, 0) is 49.4 Å². The van der Waals surface area contributed by atoms with Crippen molar-refractivity contribution in [2.24, 2.45) is 0 Å². The molecule has 7 heteroatoms. The van der Waals surface area contributed by atoms with Crippen LogP contribution in [0.25, 0.3) is 11.4 Å². The van der Waals surface area contributed by atoms with E-state index in [4.69, 9.17) is 4.74 Å². The fourth-order valence-corrected chi connectivity index (χ4v) is 3.39. The van der Waals surface area contributed by atoms with Crippen molar-refractivity contribution in [1.82, 2.24) is 15.2 Å². The second kappa shape index (κ2) is 9.28. The molecule has 2 N–H and O–H groups in total. The molecule has 0 aliphatic heterocycles. The Balaban J connectivity index is 1.29. The van der Waals surface area contributed by atoms with Gasteiger partial charge in [-0.25, -0.2) is 4.98 Å². The Labute approximate surface area is 178 Å². The van der Waals surface area contributed by atoms with Crippen LogP contribution in [0.4, 0.5) is 5.69 Å². The number of nitrogens with one attached hydrogen (secondary N) is 2. The number of ether oxygens (including phenoxy) is 1. The van der Waals surface area contributed by atoms with Crippen LogP contribution in [0.1, 0.15) is 5.56 Å². The van der Waals surface area contributed by atoms with Gasteiger partial charge in [0.2, 0.25) is 11.1 Å². The summed E-state index contributed by atoms with van der Waals surface area (Å²) in [5.74, 6) is 2.25. The molecular weight excluding hydrogens is 396 g/mol. The van der Waals surface area contributed by atoms with Gasteiger partial charge in [0.25, 0.3) is 0 Å². The van der Waals surface area contributed by atoms with Crippen LogP contribution in [0.3, 0.4) is 0 Å². The number of thioether (sulfide) groups is 1. The third-order valence-corrected chi connectivity index (χ3v) is 5.05. The number of benzene rings is 3. The minimum atomic E-state index is -0.126. The molecule has 0 spiro atoms. The quantitative estimate of drug-likeness (QED) is 0.400. The molecule has 0 fully saturated rings. The smallest absolute Gasteiger partial charge is 0.234 e. The normalized spacial score (nSPS) is 10.6. The second-order valence-electron chi connectivity index (χ2n) is 6.61. The van der Waals surface area contributed by atoms with Gasteiger partial charge in [0.1, 0.15) is 11.5 Å². The molecule has 1 aromatic heterocycles. The molecular formula is C23H20N4O2S. The Morgan fingerprint density at radius 3 is 2.53 bits per heavy atom. The number of amides is 1. The van der Waals surface area contributed by atoms with E-state index in [1.165, 1.54) is 11.8 Å². The summed E-state index contributed by atoms with van der Waals surface area (Å²) < 4.78 is 5.75. The number of hydrogen-bond acceptors (Lipinski definition) is 5. The summed E-state index contributed by atoms with van der Waals surface area (Å²) >= 11 is 1.28. The molecule has 0 saturated heterocycles. The number of aromatic nitrogens is 3. The number of para-hydroxylation sites is 1. The average molecular weight is 417 g/mol. The number of aryl methyl sites for hydroxylation is 1. The van der Waals surface area contributed by atoms with Gasteiger partial charge >= 0.3 is 0 Å². The molecule has 150 valence electrons. The zero-order valence-electron chi connectivity index (χ0n) is 16.3. The van der Waals surface area contributed by atoms with Crippen LogP contribution >= 0.6 is 11.8 Å². The van der Waals surface area contributed by atoms with Crippen molar-refractivity contribution in [3.8, 4) is 22.9 Å². The molecule has 0 aliphatic rings. The van der Waals surface area contributed by atoms with Crippen LogP contribution in [0.5, 0.6) is 11.5 Å². The number of hydrogen-bond donors (Lipinski definition) is 2. The first-order valence-corrected chi connectivity index (χ1v) is 10.4. The Hall–Kier alpha value is -3.58. The van der Waals surface area contributed by atoms with Crippen LogP contribution in [0.15, 0.2) is 84.0 Å². The lowest BCUT2D eigenvalue weighted by Crippen LogP contribution is -2.14. The SMILES string of the molecule is Cc1cccc(-c2nc(SCC(=O)Nc3ccc(Oc4ccccc4)cc3)n[nH]2)c1. The topological polar surface area (TPSA) is 79.9 Å². The van der Waals surface area contributed by atoms with E-state index in [1.807, 2.05) is 85.8 Å². The number of rotatable bonds is 7. The van der Waals surface area contributed by atoms with Gasteiger partial charge in [0.05, 0.1) is 5.75 Å².